The molecule has 8 heteroatoms. The zero-order chi connectivity index (χ0) is 13.1. The molecule has 98 valence electrons. The summed E-state index contributed by atoms with van der Waals surface area (Å²) in [6.07, 6.45) is 3.03. The quantitative estimate of drug-likeness (QED) is 0.617. The van der Waals surface area contributed by atoms with E-state index < -0.39 is 4.92 Å². The number of fused-ring (bicyclic) bond motifs is 1. The lowest BCUT2D eigenvalue weighted by Crippen LogP contribution is -2.16. The van der Waals surface area contributed by atoms with Crippen molar-refractivity contribution in [2.24, 2.45) is 0 Å². The molecule has 0 amide bonds. The van der Waals surface area contributed by atoms with Gasteiger partial charge in [0.25, 0.3) is 4.96 Å². The number of hydrogen-bond acceptors (Lipinski definition) is 6. The lowest BCUT2D eigenvalue weighted by Gasteiger charge is -2.11. The van der Waals surface area contributed by atoms with Crippen LogP contribution in [-0.2, 0) is 0 Å². The average molecular weight is 270 g/mol. The zero-order valence-electron chi connectivity index (χ0n) is 9.87. The van der Waals surface area contributed by atoms with Gasteiger partial charge in [-0.2, -0.15) is 9.38 Å². The van der Waals surface area contributed by atoms with Crippen LogP contribution < -0.4 is 5.32 Å². The fourth-order valence-corrected chi connectivity index (χ4v) is 2.46. The summed E-state index contributed by atoms with van der Waals surface area (Å²) in [7, 11) is 0. The first-order valence-electron chi connectivity index (χ1n) is 5.61. The molecule has 0 aliphatic carbocycles. The van der Waals surface area contributed by atoms with Crippen molar-refractivity contribution in [3.8, 4) is 0 Å². The predicted octanol–water partition coefficient (Wildman–Crippen LogP) is 1.88. The van der Waals surface area contributed by atoms with E-state index >= 15 is 0 Å². The standard InChI is InChI=1S/C10H14N4O3S/c1-7(3-2-5-15)11-8-9(14(16)17)13-4-6-18-10(13)12-8/h4,6-7,11,15H,2-3,5H2,1H3. The molecule has 2 N–H and O–H groups in total. The van der Waals surface area contributed by atoms with E-state index in [1.54, 1.807) is 11.6 Å². The fourth-order valence-electron chi connectivity index (χ4n) is 1.75. The lowest BCUT2D eigenvalue weighted by molar-refractivity contribution is -0.389. The van der Waals surface area contributed by atoms with Crippen molar-refractivity contribution in [3.63, 3.8) is 0 Å². The molecule has 18 heavy (non-hydrogen) atoms. The molecule has 1 atom stereocenters. The van der Waals surface area contributed by atoms with E-state index in [0.29, 0.717) is 11.4 Å². The Bertz CT molecular complexity index is 550. The number of aliphatic hydroxyl groups is 1. The molecular formula is C10H14N4O3S. The molecule has 0 radical (unpaired) electrons. The summed E-state index contributed by atoms with van der Waals surface area (Å²) in [5.74, 6) is 0.249. The van der Waals surface area contributed by atoms with Gasteiger partial charge in [0.15, 0.2) is 0 Å². The van der Waals surface area contributed by atoms with Gasteiger partial charge in [-0.25, -0.2) is 0 Å². The number of nitrogens with zero attached hydrogens (tertiary/aromatic N) is 3. The third kappa shape index (κ3) is 2.44. The summed E-state index contributed by atoms with van der Waals surface area (Å²) in [5, 5.41) is 24.6. The van der Waals surface area contributed by atoms with Crippen LogP contribution >= 0.6 is 11.3 Å². The topological polar surface area (TPSA) is 92.7 Å². The third-order valence-corrected chi connectivity index (χ3v) is 3.34. The van der Waals surface area contributed by atoms with Crippen molar-refractivity contribution in [3.05, 3.63) is 21.7 Å². The highest BCUT2D eigenvalue weighted by atomic mass is 32.1. The Hall–Kier alpha value is -1.67. The molecule has 2 rings (SSSR count). The first-order chi connectivity index (χ1) is 8.63. The van der Waals surface area contributed by atoms with E-state index in [1.807, 2.05) is 6.92 Å². The number of nitrogens with one attached hydrogen (secondary N) is 1. The van der Waals surface area contributed by atoms with E-state index in [9.17, 15) is 10.1 Å². The normalized spacial score (nSPS) is 12.8. The second kappa shape index (κ2) is 5.32. The van der Waals surface area contributed by atoms with Gasteiger partial charge in [0.1, 0.15) is 6.20 Å². The van der Waals surface area contributed by atoms with Gasteiger partial charge in [0, 0.05) is 18.0 Å². The average Bonchev–Trinajstić information content (AvgIpc) is 2.85. The Morgan fingerprint density at radius 2 is 2.50 bits per heavy atom. The number of thiazole rings is 1. The van der Waals surface area contributed by atoms with Crippen molar-refractivity contribution >= 4 is 27.9 Å². The summed E-state index contributed by atoms with van der Waals surface area (Å²) >= 11 is 1.35. The number of rotatable bonds is 6. The van der Waals surface area contributed by atoms with E-state index in [0.717, 1.165) is 6.42 Å². The Morgan fingerprint density at radius 3 is 3.17 bits per heavy atom. The molecule has 0 spiro atoms. The molecule has 2 aromatic rings. The number of imidazole rings is 1. The lowest BCUT2D eigenvalue weighted by atomic mass is 10.2. The summed E-state index contributed by atoms with van der Waals surface area (Å²) in [4.78, 5) is 15.4. The first kappa shape index (κ1) is 12.8. The van der Waals surface area contributed by atoms with Gasteiger partial charge in [-0.15, -0.1) is 0 Å². The van der Waals surface area contributed by atoms with Crippen LogP contribution in [0.4, 0.5) is 11.6 Å². The Kier molecular flexibility index (Phi) is 3.78. The summed E-state index contributed by atoms with van der Waals surface area (Å²) in [6, 6.07) is 0.0282. The van der Waals surface area contributed by atoms with Crippen molar-refractivity contribution in [1.82, 2.24) is 9.38 Å². The van der Waals surface area contributed by atoms with Crippen molar-refractivity contribution in [2.45, 2.75) is 25.8 Å². The summed E-state index contributed by atoms with van der Waals surface area (Å²) in [6.45, 7) is 2.03. The molecule has 0 fully saturated rings. The van der Waals surface area contributed by atoms with Gasteiger partial charge in [0.2, 0.25) is 5.82 Å². The Balaban J connectivity index is 2.24. The van der Waals surface area contributed by atoms with Gasteiger partial charge in [-0.3, -0.25) is 0 Å². The molecule has 7 nitrogen and oxygen atoms in total. The molecule has 0 aliphatic heterocycles. The highest BCUT2D eigenvalue weighted by Gasteiger charge is 2.24. The van der Waals surface area contributed by atoms with Crippen LogP contribution in [0.15, 0.2) is 11.6 Å². The maximum Gasteiger partial charge on any atom is 0.372 e. The largest absolute Gasteiger partial charge is 0.396 e. The maximum atomic E-state index is 11.1. The SMILES string of the molecule is CC(CCCO)Nc1nc2sccn2c1[N+](=O)[O-]. The molecule has 0 aromatic carbocycles. The second-order valence-corrected chi connectivity index (χ2v) is 4.88. The fraction of sp³-hybridized carbons (Fsp3) is 0.500. The highest BCUT2D eigenvalue weighted by Crippen LogP contribution is 2.28. The van der Waals surface area contributed by atoms with E-state index in [1.165, 1.54) is 15.7 Å². The second-order valence-electron chi connectivity index (χ2n) is 4.01. The minimum absolute atomic E-state index is 0.0282. The monoisotopic (exact) mass is 270 g/mol. The van der Waals surface area contributed by atoms with Crippen LogP contribution in [-0.4, -0.2) is 32.1 Å². The minimum Gasteiger partial charge on any atom is -0.396 e. The zero-order valence-corrected chi connectivity index (χ0v) is 10.7. The van der Waals surface area contributed by atoms with E-state index in [2.05, 4.69) is 10.3 Å². The summed E-state index contributed by atoms with van der Waals surface area (Å²) in [5.41, 5.74) is 0. The van der Waals surface area contributed by atoms with Gasteiger partial charge >= 0.3 is 5.82 Å². The highest BCUT2D eigenvalue weighted by molar-refractivity contribution is 7.15. The van der Waals surface area contributed by atoms with Crippen molar-refractivity contribution < 1.29 is 10.0 Å². The Morgan fingerprint density at radius 1 is 1.72 bits per heavy atom. The molecule has 0 saturated carbocycles. The van der Waals surface area contributed by atoms with Crippen molar-refractivity contribution in [1.29, 1.82) is 0 Å². The molecule has 1 unspecified atom stereocenters. The van der Waals surface area contributed by atoms with Gasteiger partial charge < -0.3 is 20.5 Å². The van der Waals surface area contributed by atoms with Gasteiger partial charge in [-0.1, -0.05) is 11.3 Å². The minimum atomic E-state index is -0.437. The van der Waals surface area contributed by atoms with Crippen LogP contribution in [0.25, 0.3) is 4.96 Å². The van der Waals surface area contributed by atoms with Gasteiger partial charge in [0.05, 0.1) is 0 Å². The third-order valence-electron chi connectivity index (χ3n) is 2.59. The van der Waals surface area contributed by atoms with Crippen LogP contribution in [0.3, 0.4) is 0 Å². The predicted molar refractivity (Wildman–Crippen MR) is 69.1 cm³/mol. The van der Waals surface area contributed by atoms with Crippen molar-refractivity contribution in [2.75, 3.05) is 11.9 Å². The number of anilines is 1. The molecular weight excluding hydrogens is 256 g/mol. The van der Waals surface area contributed by atoms with Gasteiger partial charge in [-0.05, 0) is 24.7 Å². The van der Waals surface area contributed by atoms with Crippen LogP contribution in [0, 0.1) is 10.1 Å². The number of aliphatic hydroxyl groups excluding tert-OH is 1. The summed E-state index contributed by atoms with van der Waals surface area (Å²) < 4.78 is 1.46. The molecule has 0 aliphatic rings. The first-order valence-corrected chi connectivity index (χ1v) is 6.48. The van der Waals surface area contributed by atoms with E-state index in [-0.39, 0.29) is 24.3 Å². The molecule has 2 heterocycles. The molecule has 2 aromatic heterocycles. The Labute approximate surface area is 107 Å². The molecule has 0 bridgehead atoms. The number of nitro groups is 1. The van der Waals surface area contributed by atoms with Crippen LogP contribution in [0.2, 0.25) is 0 Å². The molecule has 0 saturated heterocycles. The van der Waals surface area contributed by atoms with E-state index in [4.69, 9.17) is 5.11 Å². The smallest absolute Gasteiger partial charge is 0.372 e. The van der Waals surface area contributed by atoms with Crippen LogP contribution in [0.1, 0.15) is 19.8 Å². The maximum absolute atomic E-state index is 11.1. The number of hydrogen-bond donors (Lipinski definition) is 2. The van der Waals surface area contributed by atoms with Crippen LogP contribution in [0.5, 0.6) is 0 Å². The number of aromatic nitrogens is 2.